The Morgan fingerprint density at radius 1 is 1.33 bits per heavy atom. The van der Waals surface area contributed by atoms with Crippen molar-refractivity contribution in [1.29, 1.82) is 0 Å². The molecule has 2 nitrogen and oxygen atoms in total. The number of allylic oxidation sites excluding steroid dienone is 2. The van der Waals surface area contributed by atoms with Crippen molar-refractivity contribution in [3.05, 3.63) is 11.6 Å². The first kappa shape index (κ1) is 12.6. The van der Waals surface area contributed by atoms with Crippen molar-refractivity contribution in [2.45, 2.75) is 38.3 Å². The molecule has 0 radical (unpaired) electrons. The van der Waals surface area contributed by atoms with Gasteiger partial charge < -0.3 is 0 Å². The molecule has 1 heterocycles. The molecule has 1 fully saturated rings. The van der Waals surface area contributed by atoms with E-state index in [9.17, 15) is 0 Å². The maximum absolute atomic E-state index is 5.53. The molecule has 2 aliphatic rings. The molecule has 0 N–H and O–H groups in total. The van der Waals surface area contributed by atoms with Gasteiger partial charge in [0.2, 0.25) is 0 Å². The van der Waals surface area contributed by atoms with Crippen LogP contribution < -0.4 is 21.2 Å². The van der Waals surface area contributed by atoms with E-state index in [1.165, 1.54) is 19.3 Å². The molecule has 0 aromatic rings. The monoisotopic (exact) mass is 435 g/mol. The molecule has 15 heavy (non-hydrogen) atoms. The summed E-state index contributed by atoms with van der Waals surface area (Å²) >= 11 is 2.44. The van der Waals surface area contributed by atoms with Gasteiger partial charge in [-0.1, -0.05) is 0 Å². The van der Waals surface area contributed by atoms with Crippen LogP contribution in [0.5, 0.6) is 0 Å². The second kappa shape index (κ2) is 6.16. The first-order valence-electron chi connectivity index (χ1n) is 5.39. The maximum atomic E-state index is 5.53. The van der Waals surface area contributed by atoms with Crippen molar-refractivity contribution in [2.24, 2.45) is 0 Å². The molecule has 0 aromatic carbocycles. The summed E-state index contributed by atoms with van der Waals surface area (Å²) in [6, 6.07) is 0. The quantitative estimate of drug-likeness (QED) is 0.338. The van der Waals surface area contributed by atoms with Gasteiger partial charge in [-0.3, -0.25) is 0 Å². The molecule has 1 aliphatic heterocycles. The first-order chi connectivity index (χ1) is 7.24. The summed E-state index contributed by atoms with van der Waals surface area (Å²) in [7, 11) is 0. The van der Waals surface area contributed by atoms with Gasteiger partial charge in [-0.25, -0.2) is 0 Å². The first-order valence-corrected chi connectivity index (χ1v) is 9.12. The van der Waals surface area contributed by atoms with Crippen LogP contribution in [0.25, 0.3) is 0 Å². The molecule has 2 rings (SSSR count). The van der Waals surface area contributed by atoms with Crippen LogP contribution in [0, 0.1) is 0 Å². The molecule has 1 unspecified atom stereocenters. The van der Waals surface area contributed by atoms with E-state index >= 15 is 0 Å². The molecule has 88 valence electrons. The van der Waals surface area contributed by atoms with E-state index in [2.05, 4.69) is 35.6 Å². The van der Waals surface area contributed by atoms with Crippen LogP contribution in [0.3, 0.4) is 0 Å². The predicted octanol–water partition coefficient (Wildman–Crippen LogP) is -0.292. The molecular formula is C11H17I2O2-. The Morgan fingerprint density at radius 2 is 2.07 bits per heavy atom. The molecule has 1 aliphatic carbocycles. The number of rotatable bonds is 2. The van der Waals surface area contributed by atoms with Gasteiger partial charge in [0.25, 0.3) is 0 Å². The zero-order valence-corrected chi connectivity index (χ0v) is 13.2. The topological polar surface area (TPSA) is 18.5 Å². The average molecular weight is 435 g/mol. The Labute approximate surface area is 116 Å². The molecule has 1 saturated heterocycles. The van der Waals surface area contributed by atoms with E-state index in [-0.39, 0.29) is 25.5 Å². The summed E-state index contributed by atoms with van der Waals surface area (Å²) in [5.74, 6) is 0. The van der Waals surface area contributed by atoms with Gasteiger partial charge in [-0.2, -0.15) is 0 Å². The number of hydrogen-bond acceptors (Lipinski definition) is 2. The van der Waals surface area contributed by atoms with E-state index < -0.39 is 0 Å². The summed E-state index contributed by atoms with van der Waals surface area (Å²) in [5, 5.41) is 0. The van der Waals surface area contributed by atoms with E-state index in [0.29, 0.717) is 0 Å². The van der Waals surface area contributed by atoms with Crippen LogP contribution in [0.1, 0.15) is 26.2 Å². The standard InChI is InChI=1S/C11H17I2O2/c1-8-2-4-9(5-3-8)13-10-6-14-11(12)15-7-10/h2,9-11H,3-7H2,1H3/q-1. The van der Waals surface area contributed by atoms with Crippen LogP contribution in [-0.2, 0) is 9.47 Å². The van der Waals surface area contributed by atoms with Crippen molar-refractivity contribution in [2.75, 3.05) is 13.2 Å². The molecule has 0 saturated carbocycles. The average Bonchev–Trinajstić information content (AvgIpc) is 2.25. The van der Waals surface area contributed by atoms with Gasteiger partial charge in [0.15, 0.2) is 0 Å². The second-order valence-corrected chi connectivity index (χ2v) is 9.35. The van der Waals surface area contributed by atoms with Crippen LogP contribution >= 0.6 is 22.6 Å². The fraction of sp³-hybridized carbons (Fsp3) is 0.818. The van der Waals surface area contributed by atoms with E-state index in [1.54, 1.807) is 5.57 Å². The van der Waals surface area contributed by atoms with Crippen molar-refractivity contribution < 1.29 is 30.7 Å². The number of hydrogen-bond donors (Lipinski definition) is 0. The van der Waals surface area contributed by atoms with Crippen molar-refractivity contribution in [1.82, 2.24) is 0 Å². The van der Waals surface area contributed by atoms with Crippen molar-refractivity contribution in [3.63, 3.8) is 0 Å². The number of alkyl halides is 3. The summed E-state index contributed by atoms with van der Waals surface area (Å²) < 4.78 is 12.8. The van der Waals surface area contributed by atoms with E-state index in [1.807, 2.05) is 0 Å². The number of halogens is 2. The molecule has 0 aromatic heterocycles. The molecular weight excluding hydrogens is 418 g/mol. The van der Waals surface area contributed by atoms with Gasteiger partial charge in [-0.15, -0.1) is 0 Å². The van der Waals surface area contributed by atoms with Crippen LogP contribution in [0.4, 0.5) is 0 Å². The Bertz CT molecular complexity index is 235. The number of ether oxygens (including phenoxy) is 2. The molecule has 4 heteroatoms. The summed E-state index contributed by atoms with van der Waals surface area (Å²) in [4.78, 5) is 0. The zero-order valence-electron chi connectivity index (χ0n) is 8.92. The van der Waals surface area contributed by atoms with E-state index in [4.69, 9.17) is 9.47 Å². The van der Waals surface area contributed by atoms with Gasteiger partial charge in [0.05, 0.1) is 0 Å². The zero-order chi connectivity index (χ0) is 10.7. The Hall–Kier alpha value is 1.12. The minimum atomic E-state index is -0.00338. The molecule has 0 amide bonds. The molecule has 0 bridgehead atoms. The predicted molar refractivity (Wildman–Crippen MR) is 64.9 cm³/mol. The fourth-order valence-electron chi connectivity index (χ4n) is 1.83. The summed E-state index contributed by atoms with van der Waals surface area (Å²) in [5.41, 5.74) is 1.58. The van der Waals surface area contributed by atoms with Crippen LogP contribution in [0.2, 0.25) is 0 Å². The van der Waals surface area contributed by atoms with E-state index in [0.717, 1.165) is 21.1 Å². The van der Waals surface area contributed by atoms with Gasteiger partial charge in [0, 0.05) is 0 Å². The summed E-state index contributed by atoms with van der Waals surface area (Å²) in [6.45, 7) is 4.11. The Balaban J connectivity index is 1.73. The molecule has 1 atom stereocenters. The van der Waals surface area contributed by atoms with Crippen molar-refractivity contribution in [3.8, 4) is 0 Å². The van der Waals surface area contributed by atoms with Gasteiger partial charge >= 0.3 is 116 Å². The fourth-order valence-corrected chi connectivity index (χ4v) is 5.73. The molecule has 0 spiro atoms. The SMILES string of the molecule is CC1=CCC([I-]C2COC(I)OC2)CC1. The Kier molecular flexibility index (Phi) is 5.16. The van der Waals surface area contributed by atoms with Crippen LogP contribution in [-0.4, -0.2) is 25.4 Å². The Morgan fingerprint density at radius 3 is 2.67 bits per heavy atom. The third-order valence-corrected chi connectivity index (χ3v) is 7.35. The summed E-state index contributed by atoms with van der Waals surface area (Å²) in [6.07, 6.45) is 6.45. The third-order valence-electron chi connectivity index (χ3n) is 2.75. The second-order valence-electron chi connectivity index (χ2n) is 4.09. The minimum absolute atomic E-state index is 0.00338. The normalized spacial score (nSPS) is 37.7. The van der Waals surface area contributed by atoms with Gasteiger partial charge in [-0.05, 0) is 0 Å². The van der Waals surface area contributed by atoms with Gasteiger partial charge in [0.1, 0.15) is 0 Å². The van der Waals surface area contributed by atoms with Crippen LogP contribution in [0.15, 0.2) is 11.6 Å². The van der Waals surface area contributed by atoms with Crippen molar-refractivity contribution >= 4 is 22.6 Å². The third kappa shape index (κ3) is 4.12.